The number of hydrogen-bond donors (Lipinski definition) is 0. The summed E-state index contributed by atoms with van der Waals surface area (Å²) in [5, 5.41) is 6.89. The maximum Gasteiger partial charge on any atom is 0.134 e. The van der Waals surface area contributed by atoms with Gasteiger partial charge < -0.3 is 0 Å². The van der Waals surface area contributed by atoms with Gasteiger partial charge in [0.15, 0.2) is 0 Å². The molecule has 5 aromatic rings. The number of rotatable bonds is 0. The van der Waals surface area contributed by atoms with E-state index in [9.17, 15) is 8.78 Å². The third kappa shape index (κ3) is 1.71. The Labute approximate surface area is 136 Å². The van der Waals surface area contributed by atoms with Crippen molar-refractivity contribution >= 4 is 43.1 Å². The largest absolute Gasteiger partial charge is 0.207 e. The molecule has 0 aromatic heterocycles. The van der Waals surface area contributed by atoms with Gasteiger partial charge >= 0.3 is 0 Å². The van der Waals surface area contributed by atoms with Crippen LogP contribution in [-0.4, -0.2) is 0 Å². The lowest BCUT2D eigenvalue weighted by Crippen LogP contribution is -1.89. The van der Waals surface area contributed by atoms with E-state index in [1.807, 2.05) is 54.6 Å². The first-order valence-corrected chi connectivity index (χ1v) is 7.85. The summed E-state index contributed by atoms with van der Waals surface area (Å²) in [6.07, 6.45) is 0. The van der Waals surface area contributed by atoms with Crippen LogP contribution in [0.3, 0.4) is 0 Å². The second-order valence-electron chi connectivity index (χ2n) is 6.07. The first-order valence-electron chi connectivity index (χ1n) is 7.85. The lowest BCUT2D eigenvalue weighted by Gasteiger charge is -2.13. The number of benzene rings is 5. The first kappa shape index (κ1) is 13.4. The normalized spacial score (nSPS) is 11.8. The summed E-state index contributed by atoms with van der Waals surface area (Å²) in [5.74, 6) is -1.07. The number of halogens is 2. The molecule has 0 bridgehead atoms. The van der Waals surface area contributed by atoms with Crippen LogP contribution in [0.5, 0.6) is 0 Å². The Balaban J connectivity index is 2.25. The van der Waals surface area contributed by atoms with Gasteiger partial charge in [-0.2, -0.15) is 0 Å². The van der Waals surface area contributed by atoms with Crippen molar-refractivity contribution in [2.75, 3.05) is 0 Å². The molecule has 5 aromatic carbocycles. The quantitative estimate of drug-likeness (QED) is 0.283. The summed E-state index contributed by atoms with van der Waals surface area (Å²) >= 11 is 0. The lowest BCUT2D eigenvalue weighted by atomic mass is 9.91. The van der Waals surface area contributed by atoms with Crippen molar-refractivity contribution in [2.24, 2.45) is 0 Å². The summed E-state index contributed by atoms with van der Waals surface area (Å²) in [7, 11) is 0. The molecule has 0 radical (unpaired) electrons. The van der Waals surface area contributed by atoms with Gasteiger partial charge in [0.2, 0.25) is 0 Å². The fourth-order valence-corrected chi connectivity index (χ4v) is 3.77. The van der Waals surface area contributed by atoms with Gasteiger partial charge in [0, 0.05) is 11.5 Å². The molecule has 0 heterocycles. The van der Waals surface area contributed by atoms with Crippen molar-refractivity contribution in [1.82, 2.24) is 0 Å². The van der Waals surface area contributed by atoms with Crippen LogP contribution in [0.15, 0.2) is 72.8 Å². The summed E-state index contributed by atoms with van der Waals surface area (Å²) in [6.45, 7) is 0. The average Bonchev–Trinajstić information content (AvgIpc) is 2.60. The number of hydrogen-bond acceptors (Lipinski definition) is 0. The molecule has 0 aliphatic carbocycles. The highest BCUT2D eigenvalue weighted by atomic mass is 19.1. The Hall–Kier alpha value is -3.00. The minimum Gasteiger partial charge on any atom is -0.207 e. The zero-order valence-corrected chi connectivity index (χ0v) is 12.7. The molecular formula is C22H12F2. The van der Waals surface area contributed by atoms with Crippen molar-refractivity contribution in [3.05, 3.63) is 84.4 Å². The molecular weight excluding hydrogens is 302 g/mol. The molecule has 5 rings (SSSR count). The molecule has 0 nitrogen and oxygen atoms in total. The molecule has 0 aliphatic rings. The van der Waals surface area contributed by atoms with Crippen LogP contribution in [0.25, 0.3) is 43.1 Å². The molecule has 0 N–H and O–H groups in total. The van der Waals surface area contributed by atoms with Gasteiger partial charge in [-0.3, -0.25) is 0 Å². The summed E-state index contributed by atoms with van der Waals surface area (Å²) in [4.78, 5) is 0. The topological polar surface area (TPSA) is 0 Å². The fraction of sp³-hybridized carbons (Fsp3) is 0. The van der Waals surface area contributed by atoms with Crippen LogP contribution in [0.4, 0.5) is 8.78 Å². The molecule has 114 valence electrons. The first-order chi connectivity index (χ1) is 11.7. The van der Waals surface area contributed by atoms with Crippen LogP contribution < -0.4 is 0 Å². The van der Waals surface area contributed by atoms with Crippen molar-refractivity contribution < 1.29 is 8.78 Å². The van der Waals surface area contributed by atoms with E-state index in [-0.39, 0.29) is 0 Å². The number of fused-ring (bicyclic) bond motifs is 8. The highest BCUT2D eigenvalue weighted by molar-refractivity contribution is 6.31. The Morgan fingerprint density at radius 1 is 0.500 bits per heavy atom. The third-order valence-corrected chi connectivity index (χ3v) is 4.74. The van der Waals surface area contributed by atoms with E-state index in [0.29, 0.717) is 10.8 Å². The molecule has 0 saturated heterocycles. The maximum absolute atomic E-state index is 14.7. The summed E-state index contributed by atoms with van der Waals surface area (Å²) in [6, 6.07) is 22.2. The lowest BCUT2D eigenvalue weighted by molar-refractivity contribution is 0.592. The maximum atomic E-state index is 14.7. The molecule has 0 saturated carbocycles. The molecule has 0 atom stereocenters. The van der Waals surface area contributed by atoms with Crippen LogP contribution in [0.1, 0.15) is 0 Å². The minimum atomic E-state index is -0.551. The van der Waals surface area contributed by atoms with Gasteiger partial charge in [-0.1, -0.05) is 60.7 Å². The van der Waals surface area contributed by atoms with Crippen LogP contribution in [-0.2, 0) is 0 Å². The van der Waals surface area contributed by atoms with E-state index in [1.54, 1.807) is 0 Å². The van der Waals surface area contributed by atoms with Crippen molar-refractivity contribution in [3.63, 3.8) is 0 Å². The van der Waals surface area contributed by atoms with E-state index in [2.05, 4.69) is 6.07 Å². The van der Waals surface area contributed by atoms with Gasteiger partial charge in [-0.05, 0) is 43.8 Å². The molecule has 0 unspecified atom stereocenters. The van der Waals surface area contributed by atoms with Gasteiger partial charge in [-0.15, -0.1) is 0 Å². The summed E-state index contributed by atoms with van der Waals surface area (Å²) < 4.78 is 28.7. The van der Waals surface area contributed by atoms with Gasteiger partial charge in [-0.25, -0.2) is 8.78 Å². The Kier molecular flexibility index (Phi) is 2.66. The van der Waals surface area contributed by atoms with Crippen LogP contribution in [0, 0.1) is 11.6 Å². The van der Waals surface area contributed by atoms with Crippen LogP contribution in [0.2, 0.25) is 0 Å². The van der Waals surface area contributed by atoms with E-state index in [4.69, 9.17) is 0 Å². The highest BCUT2D eigenvalue weighted by Gasteiger charge is 2.15. The smallest absolute Gasteiger partial charge is 0.134 e. The molecule has 2 heteroatoms. The predicted octanol–water partition coefficient (Wildman–Crippen LogP) is 6.58. The Morgan fingerprint density at radius 2 is 1.17 bits per heavy atom. The predicted molar refractivity (Wildman–Crippen MR) is 96.4 cm³/mol. The second-order valence-corrected chi connectivity index (χ2v) is 6.07. The molecule has 24 heavy (non-hydrogen) atoms. The second kappa shape index (κ2) is 4.75. The standard InChI is InChI=1S/C22H12F2/c23-14-11-19-21-15-6-2-1-5-13(15)9-10-18(21)16-7-3-4-8-17(16)22(19)20(24)12-14/h1-12H. The zero-order valence-electron chi connectivity index (χ0n) is 12.7. The van der Waals surface area contributed by atoms with E-state index >= 15 is 0 Å². The Bertz CT molecular complexity index is 1270. The van der Waals surface area contributed by atoms with E-state index < -0.39 is 11.6 Å². The van der Waals surface area contributed by atoms with Gasteiger partial charge in [0.25, 0.3) is 0 Å². The van der Waals surface area contributed by atoms with E-state index in [1.165, 1.54) is 6.07 Å². The monoisotopic (exact) mass is 314 g/mol. The summed E-state index contributed by atoms with van der Waals surface area (Å²) in [5.41, 5.74) is 0. The van der Waals surface area contributed by atoms with Crippen molar-refractivity contribution in [2.45, 2.75) is 0 Å². The Morgan fingerprint density at radius 3 is 2.00 bits per heavy atom. The van der Waals surface area contributed by atoms with Gasteiger partial charge in [0.1, 0.15) is 11.6 Å². The van der Waals surface area contributed by atoms with Gasteiger partial charge in [0.05, 0.1) is 0 Å². The SMILES string of the molecule is Fc1cc(F)c2c3ccccc3c3ccc4ccccc4c3c2c1. The fourth-order valence-electron chi connectivity index (χ4n) is 3.77. The molecule has 0 aliphatic heterocycles. The minimum absolute atomic E-state index is 0.482. The molecule has 0 fully saturated rings. The zero-order chi connectivity index (χ0) is 16.3. The van der Waals surface area contributed by atoms with Crippen molar-refractivity contribution in [3.8, 4) is 0 Å². The third-order valence-electron chi connectivity index (χ3n) is 4.74. The molecule has 0 spiro atoms. The van der Waals surface area contributed by atoms with Crippen LogP contribution >= 0.6 is 0 Å². The van der Waals surface area contributed by atoms with E-state index in [0.717, 1.165) is 38.4 Å². The van der Waals surface area contributed by atoms with Crippen molar-refractivity contribution in [1.29, 1.82) is 0 Å². The highest BCUT2D eigenvalue weighted by Crippen LogP contribution is 2.39. The molecule has 0 amide bonds. The average molecular weight is 314 g/mol.